The number of rotatable bonds is 12. The predicted octanol–water partition coefficient (Wildman–Crippen LogP) is 6.30. The number of imidazole rings is 2. The third-order valence-corrected chi connectivity index (χ3v) is 12.0. The van der Waals surface area contributed by atoms with Crippen molar-refractivity contribution >= 4 is 23.6 Å². The number of likely N-dealkylation sites (tertiary alicyclic amines) is 2. The number of carbonyl (C=O) groups excluding carboxylic acids is 4. The molecule has 0 spiro atoms. The van der Waals surface area contributed by atoms with Crippen molar-refractivity contribution in [2.75, 3.05) is 13.1 Å². The van der Waals surface area contributed by atoms with Crippen molar-refractivity contribution in [3.8, 4) is 34.4 Å². The maximum atomic E-state index is 13.7. The topological polar surface area (TPSA) is 156 Å². The Balaban J connectivity index is 0.879. The summed E-state index contributed by atoms with van der Waals surface area (Å²) in [7, 11) is 0. The minimum atomic E-state index is -0.537. The smallest absolute Gasteiger partial charge is 0.246 e. The van der Waals surface area contributed by atoms with E-state index in [0.717, 1.165) is 96.7 Å². The number of aromatic nitrogens is 4. The summed E-state index contributed by atoms with van der Waals surface area (Å²) >= 11 is 0. The molecule has 2 aliphatic carbocycles. The summed E-state index contributed by atoms with van der Waals surface area (Å²) in [5.74, 6) is 8.07. The second-order valence-electron chi connectivity index (χ2n) is 17.2. The average Bonchev–Trinajstić information content (AvgIpc) is 3.98. The van der Waals surface area contributed by atoms with E-state index >= 15 is 0 Å². The Morgan fingerprint density at radius 1 is 0.603 bits per heavy atom. The third kappa shape index (κ3) is 8.59. The highest BCUT2D eigenvalue weighted by molar-refractivity contribution is 5.90. The summed E-state index contributed by atoms with van der Waals surface area (Å²) in [5.41, 5.74) is 5.47. The van der Waals surface area contributed by atoms with Gasteiger partial charge in [-0.1, -0.05) is 63.8 Å². The molecule has 0 bridgehead atoms. The van der Waals surface area contributed by atoms with Crippen molar-refractivity contribution in [3.63, 3.8) is 0 Å². The molecule has 2 aromatic carbocycles. The quantitative estimate of drug-likeness (QED) is 0.124. The summed E-state index contributed by atoms with van der Waals surface area (Å²) in [6.07, 6.45) is 10.7. The fourth-order valence-electron chi connectivity index (χ4n) is 8.16. The number of amides is 4. The largest absolute Gasteiger partial charge is 0.344 e. The molecule has 8 rings (SSSR count). The lowest BCUT2D eigenvalue weighted by Gasteiger charge is -2.30. The van der Waals surface area contributed by atoms with Gasteiger partial charge in [0.1, 0.15) is 23.7 Å². The Labute approximate surface area is 340 Å². The molecule has 12 heteroatoms. The Morgan fingerprint density at radius 2 is 0.983 bits per heavy atom. The van der Waals surface area contributed by atoms with Gasteiger partial charge in [-0.25, -0.2) is 9.97 Å². The maximum absolute atomic E-state index is 13.7. The standard InChI is InChI=1S/C46H54N8O4/c1-27(2)39(51-43(55)33-19-20-33)45(57)53-23-5-7-37(53)41-47-25-35(49-41)31-15-11-29(12-16-31)9-10-30-13-17-32(18-14-30)36-26-48-42(50-36)38-8-6-24-54(38)46(58)40(28(3)4)52-44(56)34-21-22-34/h11-18,25-28,33-34,37-40H,5-8,19-24H2,1-4H3,(H,47,49)(H,48,50)(H,51,55)(H,52,56)/t37-,38-,39-,40-/m0/s1. The lowest BCUT2D eigenvalue weighted by atomic mass is 10.0. The van der Waals surface area contributed by atoms with Gasteiger partial charge in [-0.2, -0.15) is 0 Å². The molecular formula is C46H54N8O4. The zero-order valence-corrected chi connectivity index (χ0v) is 33.9. The monoisotopic (exact) mass is 782 g/mol. The first-order valence-electron chi connectivity index (χ1n) is 21.1. The number of nitrogens with one attached hydrogen (secondary N) is 4. The molecule has 2 aromatic heterocycles. The Bertz CT molecular complexity index is 2050. The summed E-state index contributed by atoms with van der Waals surface area (Å²) in [4.78, 5) is 72.5. The van der Waals surface area contributed by atoms with E-state index in [4.69, 9.17) is 9.97 Å². The van der Waals surface area contributed by atoms with E-state index in [0.29, 0.717) is 13.1 Å². The van der Waals surface area contributed by atoms with Crippen LogP contribution < -0.4 is 10.6 Å². The van der Waals surface area contributed by atoms with Crippen LogP contribution in [0.3, 0.4) is 0 Å². The molecule has 4 fully saturated rings. The van der Waals surface area contributed by atoms with Crippen LogP contribution in [-0.4, -0.2) is 78.5 Å². The minimum Gasteiger partial charge on any atom is -0.344 e. The molecule has 0 radical (unpaired) electrons. The van der Waals surface area contributed by atoms with E-state index in [1.807, 2.05) is 98.4 Å². The zero-order chi connectivity index (χ0) is 40.5. The van der Waals surface area contributed by atoms with Crippen LogP contribution in [0.4, 0.5) is 0 Å². The Kier molecular flexibility index (Phi) is 11.2. The van der Waals surface area contributed by atoms with Gasteiger partial charge in [-0.05, 0) is 98.6 Å². The summed E-state index contributed by atoms with van der Waals surface area (Å²) in [6.45, 7) is 9.21. The SMILES string of the molecule is CC(C)[C@H](NC(=O)C1CC1)C(=O)N1CCC[C@H]1c1ncc(-c2ccc(C#Cc3ccc(-c4cnc([C@@H]5CCCN5C(=O)[C@@H](NC(=O)C5CC5)C(C)C)[nH]4)cc3)cc2)[nH]1. The van der Waals surface area contributed by atoms with Crippen LogP contribution in [0.25, 0.3) is 22.5 Å². The van der Waals surface area contributed by atoms with Crippen molar-refractivity contribution < 1.29 is 19.2 Å². The van der Waals surface area contributed by atoms with Crippen LogP contribution in [0.1, 0.15) is 114 Å². The molecule has 302 valence electrons. The molecule has 58 heavy (non-hydrogen) atoms. The van der Waals surface area contributed by atoms with Gasteiger partial charge in [-0.3, -0.25) is 19.2 Å². The van der Waals surface area contributed by atoms with Gasteiger partial charge in [0, 0.05) is 36.1 Å². The molecule has 4 atom stereocenters. The number of carbonyl (C=O) groups is 4. The van der Waals surface area contributed by atoms with Gasteiger partial charge in [0.2, 0.25) is 23.6 Å². The third-order valence-electron chi connectivity index (χ3n) is 12.0. The molecule has 4 aliphatic rings. The highest BCUT2D eigenvalue weighted by atomic mass is 16.2. The van der Waals surface area contributed by atoms with Gasteiger partial charge in [-0.15, -0.1) is 0 Å². The van der Waals surface area contributed by atoms with Crippen molar-refractivity contribution in [1.82, 2.24) is 40.4 Å². The molecule has 4 aromatic rings. The van der Waals surface area contributed by atoms with E-state index in [1.165, 1.54) is 0 Å². The number of hydrogen-bond acceptors (Lipinski definition) is 6. The number of nitrogens with zero attached hydrogens (tertiary/aromatic N) is 4. The van der Waals surface area contributed by atoms with Crippen LogP contribution in [0.2, 0.25) is 0 Å². The predicted molar refractivity (Wildman–Crippen MR) is 220 cm³/mol. The number of aromatic amines is 2. The van der Waals surface area contributed by atoms with E-state index in [9.17, 15) is 19.2 Å². The van der Waals surface area contributed by atoms with Crippen LogP contribution in [0.5, 0.6) is 0 Å². The minimum absolute atomic E-state index is 0.00734. The molecular weight excluding hydrogens is 729 g/mol. The Morgan fingerprint density at radius 3 is 1.33 bits per heavy atom. The van der Waals surface area contributed by atoms with Crippen molar-refractivity contribution in [2.24, 2.45) is 23.7 Å². The fourth-order valence-corrected chi connectivity index (χ4v) is 8.16. The van der Waals surface area contributed by atoms with Gasteiger partial charge in [0.15, 0.2) is 0 Å². The summed E-state index contributed by atoms with van der Waals surface area (Å²) in [5, 5.41) is 6.05. The zero-order valence-electron chi connectivity index (χ0n) is 33.9. The first kappa shape index (κ1) is 39.1. The lowest BCUT2D eigenvalue weighted by molar-refractivity contribution is -0.139. The van der Waals surface area contributed by atoms with Crippen molar-refractivity contribution in [1.29, 1.82) is 0 Å². The van der Waals surface area contributed by atoms with Crippen LogP contribution in [0.15, 0.2) is 60.9 Å². The highest BCUT2D eigenvalue weighted by Gasteiger charge is 2.41. The van der Waals surface area contributed by atoms with Crippen molar-refractivity contribution in [3.05, 3.63) is 83.7 Å². The second kappa shape index (κ2) is 16.6. The molecule has 2 aliphatic heterocycles. The highest BCUT2D eigenvalue weighted by Crippen LogP contribution is 2.35. The average molecular weight is 783 g/mol. The molecule has 2 saturated carbocycles. The summed E-state index contributed by atoms with van der Waals surface area (Å²) < 4.78 is 0. The van der Waals surface area contributed by atoms with Crippen LogP contribution in [-0.2, 0) is 19.2 Å². The second-order valence-corrected chi connectivity index (χ2v) is 17.2. The summed E-state index contributed by atoms with van der Waals surface area (Å²) in [6, 6.07) is 14.7. The molecule has 4 N–H and O–H groups in total. The lowest BCUT2D eigenvalue weighted by Crippen LogP contribution is -2.51. The molecule has 4 amide bonds. The van der Waals surface area contributed by atoms with Gasteiger partial charge in [0.25, 0.3) is 0 Å². The molecule has 2 saturated heterocycles. The van der Waals surface area contributed by atoms with Gasteiger partial charge < -0.3 is 30.4 Å². The van der Waals surface area contributed by atoms with E-state index in [2.05, 4.69) is 32.4 Å². The van der Waals surface area contributed by atoms with Crippen molar-refractivity contribution in [2.45, 2.75) is 103 Å². The number of hydrogen-bond donors (Lipinski definition) is 4. The maximum Gasteiger partial charge on any atom is 0.246 e. The number of benzene rings is 2. The normalized spacial score (nSPS) is 20.2. The fraction of sp³-hybridized carbons (Fsp3) is 0.478. The van der Waals surface area contributed by atoms with Gasteiger partial charge >= 0.3 is 0 Å². The van der Waals surface area contributed by atoms with E-state index in [-0.39, 0.29) is 59.4 Å². The first-order chi connectivity index (χ1) is 28.0. The van der Waals surface area contributed by atoms with E-state index in [1.54, 1.807) is 0 Å². The number of H-pyrrole nitrogens is 2. The Hall–Kier alpha value is -5.70. The molecule has 4 heterocycles. The van der Waals surface area contributed by atoms with Gasteiger partial charge in [0.05, 0.1) is 35.9 Å². The molecule has 0 unspecified atom stereocenters. The van der Waals surface area contributed by atoms with Crippen LogP contribution in [0, 0.1) is 35.5 Å². The first-order valence-corrected chi connectivity index (χ1v) is 21.1. The van der Waals surface area contributed by atoms with Crippen LogP contribution >= 0.6 is 0 Å². The van der Waals surface area contributed by atoms with E-state index < -0.39 is 12.1 Å². The molecule has 12 nitrogen and oxygen atoms in total.